The van der Waals surface area contributed by atoms with E-state index in [1.165, 1.54) is 33.5 Å². The molecule has 21 heavy (non-hydrogen) atoms. The van der Waals surface area contributed by atoms with Crippen LogP contribution in [0.15, 0.2) is 72.8 Å². The maximum absolute atomic E-state index is 3.33. The summed E-state index contributed by atoms with van der Waals surface area (Å²) in [6, 6.07) is 26.1. The topological polar surface area (TPSA) is 12.0 Å². The Morgan fingerprint density at radius 2 is 1.10 bits per heavy atom. The first kappa shape index (κ1) is 12.2. The predicted octanol–water partition coefficient (Wildman–Crippen LogP) is 4.89. The monoisotopic (exact) mass is 271 g/mol. The van der Waals surface area contributed by atoms with Gasteiger partial charge in [-0.1, -0.05) is 66.7 Å². The molecule has 1 aliphatic carbocycles. The Hall–Kier alpha value is -2.54. The first-order valence-corrected chi connectivity index (χ1v) is 7.35. The molecule has 0 heterocycles. The Kier molecular flexibility index (Phi) is 2.78. The van der Waals surface area contributed by atoms with Crippen molar-refractivity contribution in [2.45, 2.75) is 5.92 Å². The van der Waals surface area contributed by atoms with Crippen LogP contribution in [0.1, 0.15) is 22.6 Å². The molecule has 1 heteroatoms. The highest BCUT2D eigenvalue weighted by Gasteiger charge is 2.30. The summed E-state index contributed by atoms with van der Waals surface area (Å²) >= 11 is 0. The van der Waals surface area contributed by atoms with Crippen LogP contribution in [0.25, 0.3) is 11.1 Å². The molecule has 0 aliphatic heterocycles. The van der Waals surface area contributed by atoms with Crippen LogP contribution in [-0.2, 0) is 0 Å². The van der Waals surface area contributed by atoms with E-state index < -0.39 is 0 Å². The largest absolute Gasteiger partial charge is 0.388 e. The van der Waals surface area contributed by atoms with Gasteiger partial charge in [0.15, 0.2) is 0 Å². The van der Waals surface area contributed by atoms with Crippen molar-refractivity contribution < 1.29 is 0 Å². The van der Waals surface area contributed by atoms with Crippen LogP contribution in [0.4, 0.5) is 5.69 Å². The lowest BCUT2D eigenvalue weighted by molar-refractivity contribution is 1.02. The number of anilines is 1. The lowest BCUT2D eigenvalue weighted by Crippen LogP contribution is -2.03. The number of nitrogens with one attached hydrogen (secondary N) is 1. The van der Waals surface area contributed by atoms with Crippen molar-refractivity contribution in [1.82, 2.24) is 0 Å². The van der Waals surface area contributed by atoms with E-state index in [1.54, 1.807) is 0 Å². The van der Waals surface area contributed by atoms with E-state index >= 15 is 0 Å². The van der Waals surface area contributed by atoms with Gasteiger partial charge < -0.3 is 5.32 Å². The molecule has 0 amide bonds. The van der Waals surface area contributed by atoms with E-state index in [9.17, 15) is 0 Å². The molecule has 0 spiro atoms. The Bertz CT molecular complexity index is 759. The van der Waals surface area contributed by atoms with Gasteiger partial charge in [0, 0.05) is 18.7 Å². The SMILES string of the molecule is CNc1ccccc1C1c2ccccc2-c2ccccc21. The van der Waals surface area contributed by atoms with Crippen LogP contribution in [0.2, 0.25) is 0 Å². The van der Waals surface area contributed by atoms with Crippen molar-refractivity contribution in [3.05, 3.63) is 89.5 Å². The molecule has 0 fully saturated rings. The number of hydrogen-bond donors (Lipinski definition) is 1. The maximum Gasteiger partial charge on any atom is 0.0379 e. The molecule has 3 aromatic carbocycles. The Morgan fingerprint density at radius 3 is 1.67 bits per heavy atom. The minimum Gasteiger partial charge on any atom is -0.388 e. The highest BCUT2D eigenvalue weighted by atomic mass is 14.8. The second kappa shape index (κ2) is 4.78. The molecule has 0 aromatic heterocycles. The molecule has 0 atom stereocenters. The fourth-order valence-electron chi connectivity index (χ4n) is 3.47. The summed E-state index contributed by atoms with van der Waals surface area (Å²) in [5, 5.41) is 3.33. The molecule has 0 unspecified atom stereocenters. The van der Waals surface area contributed by atoms with Gasteiger partial charge in [-0.05, 0) is 33.9 Å². The third-order valence-electron chi connectivity index (χ3n) is 4.37. The summed E-state index contributed by atoms with van der Waals surface area (Å²) in [5.41, 5.74) is 8.09. The molecule has 3 aromatic rings. The van der Waals surface area contributed by atoms with Crippen LogP contribution in [0.5, 0.6) is 0 Å². The molecule has 102 valence electrons. The second-order valence-electron chi connectivity index (χ2n) is 5.44. The Morgan fingerprint density at radius 1 is 0.619 bits per heavy atom. The summed E-state index contributed by atoms with van der Waals surface area (Å²) < 4.78 is 0. The number of benzene rings is 3. The average molecular weight is 271 g/mol. The van der Waals surface area contributed by atoms with Crippen molar-refractivity contribution in [3.63, 3.8) is 0 Å². The molecule has 1 N–H and O–H groups in total. The van der Waals surface area contributed by atoms with Crippen LogP contribution in [0, 0.1) is 0 Å². The van der Waals surface area contributed by atoms with Crippen LogP contribution in [-0.4, -0.2) is 7.05 Å². The number of hydrogen-bond acceptors (Lipinski definition) is 1. The van der Waals surface area contributed by atoms with Gasteiger partial charge in [0.25, 0.3) is 0 Å². The quantitative estimate of drug-likeness (QED) is 0.547. The van der Waals surface area contributed by atoms with E-state index in [4.69, 9.17) is 0 Å². The zero-order valence-corrected chi connectivity index (χ0v) is 12.0. The van der Waals surface area contributed by atoms with Gasteiger partial charge in [-0.15, -0.1) is 0 Å². The summed E-state index contributed by atoms with van der Waals surface area (Å²) in [7, 11) is 1.99. The van der Waals surface area contributed by atoms with E-state index in [0.29, 0.717) is 5.92 Å². The molecule has 0 saturated carbocycles. The second-order valence-corrected chi connectivity index (χ2v) is 5.44. The van der Waals surface area contributed by atoms with Crippen molar-refractivity contribution in [3.8, 4) is 11.1 Å². The van der Waals surface area contributed by atoms with Crippen LogP contribution < -0.4 is 5.32 Å². The third kappa shape index (κ3) is 1.78. The number of fused-ring (bicyclic) bond motifs is 3. The third-order valence-corrected chi connectivity index (χ3v) is 4.37. The van der Waals surface area contributed by atoms with Gasteiger partial charge in [0.1, 0.15) is 0 Å². The Labute approximate surface area is 125 Å². The first-order valence-electron chi connectivity index (χ1n) is 7.35. The van der Waals surface area contributed by atoms with Crippen LogP contribution in [0.3, 0.4) is 0 Å². The van der Waals surface area contributed by atoms with E-state index in [2.05, 4.69) is 78.1 Å². The number of rotatable bonds is 2. The van der Waals surface area contributed by atoms with Gasteiger partial charge in [0.05, 0.1) is 0 Å². The van der Waals surface area contributed by atoms with Crippen LogP contribution >= 0.6 is 0 Å². The highest BCUT2D eigenvalue weighted by Crippen LogP contribution is 2.49. The average Bonchev–Trinajstić information content (AvgIpc) is 2.89. The number of para-hydroxylation sites is 1. The first-order chi connectivity index (χ1) is 10.4. The fraction of sp³-hybridized carbons (Fsp3) is 0.100. The molecule has 0 bridgehead atoms. The van der Waals surface area contributed by atoms with E-state index in [0.717, 1.165) is 0 Å². The fourth-order valence-corrected chi connectivity index (χ4v) is 3.47. The van der Waals surface area contributed by atoms with Gasteiger partial charge >= 0.3 is 0 Å². The van der Waals surface area contributed by atoms with Crippen molar-refractivity contribution in [2.24, 2.45) is 0 Å². The molecule has 1 nitrogen and oxygen atoms in total. The highest BCUT2D eigenvalue weighted by molar-refractivity contribution is 5.81. The molecule has 4 rings (SSSR count). The van der Waals surface area contributed by atoms with Crippen molar-refractivity contribution >= 4 is 5.69 Å². The van der Waals surface area contributed by atoms with Gasteiger partial charge in [0.2, 0.25) is 0 Å². The summed E-state index contributed by atoms with van der Waals surface area (Å²) in [4.78, 5) is 0. The van der Waals surface area contributed by atoms with Gasteiger partial charge in [-0.2, -0.15) is 0 Å². The molecule has 1 aliphatic rings. The van der Waals surface area contributed by atoms with Crippen molar-refractivity contribution in [2.75, 3.05) is 12.4 Å². The normalized spacial score (nSPS) is 12.8. The minimum absolute atomic E-state index is 0.320. The molecule has 0 radical (unpaired) electrons. The standard InChI is InChI=1S/C20H17N/c1-21-19-13-7-6-12-18(19)20-16-10-4-2-8-14(16)15-9-3-5-11-17(15)20/h2-13,20-21H,1H3. The van der Waals surface area contributed by atoms with Gasteiger partial charge in [-0.25, -0.2) is 0 Å². The summed E-state index contributed by atoms with van der Waals surface area (Å²) in [6.45, 7) is 0. The minimum atomic E-state index is 0.320. The van der Waals surface area contributed by atoms with Crippen molar-refractivity contribution in [1.29, 1.82) is 0 Å². The van der Waals surface area contributed by atoms with E-state index in [-0.39, 0.29) is 0 Å². The predicted molar refractivity (Wildman–Crippen MR) is 88.8 cm³/mol. The molecule has 0 saturated heterocycles. The zero-order chi connectivity index (χ0) is 14.2. The molecular formula is C20H17N. The summed E-state index contributed by atoms with van der Waals surface area (Å²) in [6.07, 6.45) is 0. The van der Waals surface area contributed by atoms with E-state index in [1.807, 2.05) is 7.05 Å². The lowest BCUT2D eigenvalue weighted by atomic mass is 9.88. The Balaban J connectivity index is 2.01. The smallest absolute Gasteiger partial charge is 0.0379 e. The zero-order valence-electron chi connectivity index (χ0n) is 12.0. The summed E-state index contributed by atoms with van der Waals surface area (Å²) in [5.74, 6) is 0.320. The lowest BCUT2D eigenvalue weighted by Gasteiger charge is -2.18. The molecular weight excluding hydrogens is 254 g/mol. The maximum atomic E-state index is 3.33. The van der Waals surface area contributed by atoms with Gasteiger partial charge in [-0.3, -0.25) is 0 Å².